The van der Waals surface area contributed by atoms with Crippen LogP contribution in [0.15, 0.2) is 72.9 Å². The first-order valence-electron chi connectivity index (χ1n) is 11.6. The van der Waals surface area contributed by atoms with Crippen molar-refractivity contribution in [3.05, 3.63) is 89.3 Å². The highest BCUT2D eigenvalue weighted by molar-refractivity contribution is 6.30. The van der Waals surface area contributed by atoms with Gasteiger partial charge in [0.05, 0.1) is 29.5 Å². The van der Waals surface area contributed by atoms with E-state index in [1.807, 2.05) is 36.4 Å². The van der Waals surface area contributed by atoms with E-state index < -0.39 is 0 Å². The van der Waals surface area contributed by atoms with Crippen LogP contribution in [-0.2, 0) is 9.59 Å². The second-order valence-corrected chi connectivity index (χ2v) is 9.57. The molecule has 2 atom stereocenters. The van der Waals surface area contributed by atoms with E-state index in [0.29, 0.717) is 10.7 Å². The Labute approximate surface area is 206 Å². The van der Waals surface area contributed by atoms with Crippen molar-refractivity contribution in [2.45, 2.75) is 31.3 Å². The number of hydrogen-bond donors (Lipinski definition) is 1. The number of nitrogens with one attached hydrogen (secondary N) is 1. The second kappa shape index (κ2) is 8.50. The number of benzene rings is 3. The van der Waals surface area contributed by atoms with E-state index in [2.05, 4.69) is 10.4 Å². The summed E-state index contributed by atoms with van der Waals surface area (Å²) in [6.45, 7) is 0. The van der Waals surface area contributed by atoms with E-state index in [0.717, 1.165) is 35.0 Å². The molecule has 1 saturated heterocycles. The van der Waals surface area contributed by atoms with Gasteiger partial charge in [-0.25, -0.2) is 9.07 Å². The van der Waals surface area contributed by atoms with E-state index in [4.69, 9.17) is 11.6 Å². The zero-order valence-corrected chi connectivity index (χ0v) is 19.5. The molecular formula is C27H22ClFN4O2. The smallest absolute Gasteiger partial charge is 0.229 e. The molecule has 0 unspecified atom stereocenters. The number of fused-ring (bicyclic) bond motifs is 1. The number of carbonyl (C=O) groups excluding carboxylic acids is 2. The van der Waals surface area contributed by atoms with Gasteiger partial charge < -0.3 is 10.2 Å². The Morgan fingerprint density at radius 3 is 2.54 bits per heavy atom. The molecule has 0 radical (unpaired) electrons. The maximum absolute atomic E-state index is 13.4. The van der Waals surface area contributed by atoms with Crippen LogP contribution in [0.5, 0.6) is 0 Å². The fourth-order valence-electron chi connectivity index (χ4n) is 4.84. The number of anilines is 1. The van der Waals surface area contributed by atoms with Gasteiger partial charge in [0.25, 0.3) is 0 Å². The third-order valence-corrected chi connectivity index (χ3v) is 6.92. The van der Waals surface area contributed by atoms with E-state index in [9.17, 15) is 14.0 Å². The maximum atomic E-state index is 13.4. The second-order valence-electron chi connectivity index (χ2n) is 9.13. The lowest BCUT2D eigenvalue weighted by atomic mass is 9.99. The van der Waals surface area contributed by atoms with Crippen molar-refractivity contribution in [3.63, 3.8) is 0 Å². The zero-order chi connectivity index (χ0) is 24.1. The predicted octanol–water partition coefficient (Wildman–Crippen LogP) is 5.19. The molecule has 0 spiro atoms. The summed E-state index contributed by atoms with van der Waals surface area (Å²) < 4.78 is 15.1. The average molecular weight is 489 g/mol. The van der Waals surface area contributed by atoms with Gasteiger partial charge in [0.2, 0.25) is 11.8 Å². The zero-order valence-electron chi connectivity index (χ0n) is 18.7. The Morgan fingerprint density at radius 1 is 1.03 bits per heavy atom. The first-order valence-corrected chi connectivity index (χ1v) is 12.0. The molecule has 2 amide bonds. The Kier molecular flexibility index (Phi) is 5.29. The minimum absolute atomic E-state index is 0.00713. The normalized spacial score (nSPS) is 19.9. The highest BCUT2D eigenvalue weighted by atomic mass is 35.5. The topological polar surface area (TPSA) is 67.2 Å². The Bertz CT molecular complexity index is 1450. The molecule has 2 fully saturated rings. The number of rotatable bonds is 5. The third kappa shape index (κ3) is 4.06. The highest BCUT2D eigenvalue weighted by Crippen LogP contribution is 2.40. The first kappa shape index (κ1) is 21.8. The summed E-state index contributed by atoms with van der Waals surface area (Å²) in [6, 6.07) is 18.5. The van der Waals surface area contributed by atoms with Crippen LogP contribution in [0.1, 0.15) is 30.9 Å². The van der Waals surface area contributed by atoms with Gasteiger partial charge in [-0.15, -0.1) is 0 Å². The van der Waals surface area contributed by atoms with Gasteiger partial charge in [-0.3, -0.25) is 9.59 Å². The van der Waals surface area contributed by atoms with Gasteiger partial charge in [-0.2, -0.15) is 5.10 Å². The van der Waals surface area contributed by atoms with Crippen molar-refractivity contribution in [2.75, 3.05) is 4.90 Å². The SMILES string of the molecule is O=C(N[C@H]1CC(=O)N(c2ccc3c(cnn3-c3ccc(F)cc3)c2)[C@@H]1c1cccc(Cl)c1)C1CC1. The molecule has 4 aromatic rings. The number of hydrogen-bond acceptors (Lipinski definition) is 3. The van der Waals surface area contributed by atoms with Gasteiger partial charge in [0, 0.05) is 28.4 Å². The molecule has 2 aliphatic rings. The first-order chi connectivity index (χ1) is 17.0. The summed E-state index contributed by atoms with van der Waals surface area (Å²) in [7, 11) is 0. The summed E-state index contributed by atoms with van der Waals surface area (Å²) in [4.78, 5) is 27.6. The summed E-state index contributed by atoms with van der Waals surface area (Å²) in [5, 5.41) is 9.00. The van der Waals surface area contributed by atoms with Crippen LogP contribution in [-0.4, -0.2) is 27.6 Å². The highest BCUT2D eigenvalue weighted by Gasteiger charge is 2.44. The quantitative estimate of drug-likeness (QED) is 0.420. The van der Waals surface area contributed by atoms with Crippen LogP contribution in [0, 0.1) is 11.7 Å². The van der Waals surface area contributed by atoms with Gasteiger partial charge in [0.1, 0.15) is 5.82 Å². The van der Waals surface area contributed by atoms with Gasteiger partial charge in [-0.05, 0) is 73.0 Å². The third-order valence-electron chi connectivity index (χ3n) is 6.69. The monoisotopic (exact) mass is 488 g/mol. The predicted molar refractivity (Wildman–Crippen MR) is 132 cm³/mol. The van der Waals surface area contributed by atoms with Crippen LogP contribution >= 0.6 is 11.6 Å². The number of aromatic nitrogens is 2. The lowest BCUT2D eigenvalue weighted by Crippen LogP contribution is -2.40. The summed E-state index contributed by atoms with van der Waals surface area (Å²) >= 11 is 6.29. The van der Waals surface area contributed by atoms with Crippen molar-refractivity contribution in [1.29, 1.82) is 0 Å². The van der Waals surface area contributed by atoms with E-state index >= 15 is 0 Å². The molecule has 35 heavy (non-hydrogen) atoms. The summed E-state index contributed by atoms with van der Waals surface area (Å²) in [5.74, 6) is -0.322. The average Bonchev–Trinajstić information content (AvgIpc) is 3.54. The minimum Gasteiger partial charge on any atom is -0.350 e. The van der Waals surface area contributed by atoms with Crippen molar-refractivity contribution < 1.29 is 14.0 Å². The van der Waals surface area contributed by atoms with E-state index in [1.54, 1.807) is 34.0 Å². The molecule has 1 aliphatic heterocycles. The standard InChI is InChI=1S/C27H22ClFN4O2/c28-19-3-1-2-17(12-19)26-23(31-27(35)16-4-5-16)14-25(34)32(26)22-10-11-24-18(13-22)15-30-33(24)21-8-6-20(29)7-9-21/h1-3,6-13,15-16,23,26H,4-5,14H2,(H,31,35)/t23-,26+/m0/s1. The van der Waals surface area contributed by atoms with E-state index in [-0.39, 0.29) is 42.1 Å². The summed E-state index contributed by atoms with van der Waals surface area (Å²) in [5.41, 5.74) is 3.16. The molecule has 6 nitrogen and oxygen atoms in total. The van der Waals surface area contributed by atoms with Gasteiger partial charge in [0.15, 0.2) is 0 Å². The molecule has 8 heteroatoms. The fourth-order valence-corrected chi connectivity index (χ4v) is 5.04. The molecular weight excluding hydrogens is 467 g/mol. The lowest BCUT2D eigenvalue weighted by molar-refractivity contribution is -0.123. The maximum Gasteiger partial charge on any atom is 0.229 e. The Morgan fingerprint density at radius 2 is 1.80 bits per heavy atom. The molecule has 0 bridgehead atoms. The molecule has 1 aromatic heterocycles. The molecule has 6 rings (SSSR count). The van der Waals surface area contributed by atoms with Crippen LogP contribution in [0.4, 0.5) is 10.1 Å². The van der Waals surface area contributed by atoms with Gasteiger partial charge in [-0.1, -0.05) is 23.7 Å². The van der Waals surface area contributed by atoms with Crippen LogP contribution in [0.2, 0.25) is 5.02 Å². The number of amides is 2. The Balaban J connectivity index is 1.39. The number of nitrogens with zero attached hydrogens (tertiary/aromatic N) is 3. The number of carbonyl (C=O) groups is 2. The van der Waals surface area contributed by atoms with Crippen molar-refractivity contribution in [1.82, 2.24) is 15.1 Å². The van der Waals surface area contributed by atoms with Crippen molar-refractivity contribution >= 4 is 40.0 Å². The Hall–Kier alpha value is -3.71. The molecule has 1 N–H and O–H groups in total. The van der Waals surface area contributed by atoms with Gasteiger partial charge >= 0.3 is 0 Å². The van der Waals surface area contributed by atoms with Crippen molar-refractivity contribution in [3.8, 4) is 5.69 Å². The molecule has 1 aliphatic carbocycles. The molecule has 2 heterocycles. The van der Waals surface area contributed by atoms with Crippen LogP contribution in [0.25, 0.3) is 16.6 Å². The minimum atomic E-state index is -0.381. The molecule has 3 aromatic carbocycles. The number of halogens is 2. The molecule has 176 valence electrons. The van der Waals surface area contributed by atoms with Crippen molar-refractivity contribution in [2.24, 2.45) is 5.92 Å². The summed E-state index contributed by atoms with van der Waals surface area (Å²) in [6.07, 6.45) is 3.73. The van der Waals surface area contributed by atoms with E-state index in [1.165, 1.54) is 12.1 Å². The largest absolute Gasteiger partial charge is 0.350 e. The van der Waals surface area contributed by atoms with Crippen LogP contribution in [0.3, 0.4) is 0 Å². The molecule has 1 saturated carbocycles. The fraction of sp³-hybridized carbons (Fsp3) is 0.222. The lowest BCUT2D eigenvalue weighted by Gasteiger charge is -2.29. The van der Waals surface area contributed by atoms with Crippen LogP contribution < -0.4 is 10.2 Å².